The fourth-order valence-electron chi connectivity index (χ4n) is 4.91. The third-order valence-electron chi connectivity index (χ3n) is 6.50. The Labute approximate surface area is 203 Å². The zero-order chi connectivity index (χ0) is 23.7. The van der Waals surface area contributed by atoms with Gasteiger partial charge < -0.3 is 9.64 Å². The van der Waals surface area contributed by atoms with Crippen molar-refractivity contribution in [1.82, 2.24) is 24.1 Å². The fourth-order valence-corrected chi connectivity index (χ4v) is 5.65. The van der Waals surface area contributed by atoms with E-state index in [1.807, 2.05) is 22.4 Å². The van der Waals surface area contributed by atoms with Gasteiger partial charge in [0.15, 0.2) is 4.96 Å². The van der Waals surface area contributed by atoms with Gasteiger partial charge in [-0.2, -0.15) is 0 Å². The molecule has 2 unspecified atom stereocenters. The van der Waals surface area contributed by atoms with Gasteiger partial charge in [-0.3, -0.25) is 23.8 Å². The summed E-state index contributed by atoms with van der Waals surface area (Å²) in [7, 11) is 0. The highest BCUT2D eigenvalue weighted by Gasteiger charge is 2.24. The van der Waals surface area contributed by atoms with E-state index in [0.29, 0.717) is 19.6 Å². The molecule has 1 aromatic carbocycles. The predicted molar refractivity (Wildman–Crippen MR) is 132 cm³/mol. The van der Waals surface area contributed by atoms with Crippen molar-refractivity contribution in [2.75, 3.05) is 39.3 Å². The highest BCUT2D eigenvalue weighted by molar-refractivity contribution is 7.15. The van der Waals surface area contributed by atoms with Crippen molar-refractivity contribution < 1.29 is 9.53 Å². The molecule has 2 saturated heterocycles. The van der Waals surface area contributed by atoms with E-state index in [9.17, 15) is 9.59 Å². The minimum atomic E-state index is -0.0452. The first-order valence-electron chi connectivity index (χ1n) is 11.9. The van der Waals surface area contributed by atoms with E-state index in [4.69, 9.17) is 4.74 Å². The number of amides is 1. The topological polar surface area (TPSA) is 70.4 Å². The Balaban J connectivity index is 1.14. The smallest absolute Gasteiger partial charge is 0.258 e. The number of fused-ring (bicyclic) bond motifs is 1. The van der Waals surface area contributed by atoms with Crippen LogP contribution in [0.5, 0.6) is 0 Å². The lowest BCUT2D eigenvalue weighted by atomic mass is 10.1. The summed E-state index contributed by atoms with van der Waals surface area (Å²) in [5, 5.41) is 1.87. The molecule has 4 heterocycles. The Bertz CT molecular complexity index is 1190. The van der Waals surface area contributed by atoms with E-state index in [0.717, 1.165) is 48.9 Å². The molecule has 1 amide bonds. The lowest BCUT2D eigenvalue weighted by Crippen LogP contribution is -2.48. The van der Waals surface area contributed by atoms with Gasteiger partial charge in [-0.25, -0.2) is 4.98 Å². The Morgan fingerprint density at radius 3 is 2.44 bits per heavy atom. The second-order valence-corrected chi connectivity index (χ2v) is 10.2. The minimum Gasteiger partial charge on any atom is -0.373 e. The number of carbonyl (C=O) groups is 1. The first kappa shape index (κ1) is 23.2. The number of rotatable bonds is 5. The minimum absolute atomic E-state index is 0.0452. The van der Waals surface area contributed by atoms with Gasteiger partial charge in [-0.05, 0) is 31.5 Å². The second kappa shape index (κ2) is 9.95. The third kappa shape index (κ3) is 5.22. The molecule has 2 fully saturated rings. The molecule has 3 aromatic rings. The van der Waals surface area contributed by atoms with E-state index < -0.39 is 0 Å². The molecule has 2 aliphatic heterocycles. The maximum absolute atomic E-state index is 13.0. The summed E-state index contributed by atoms with van der Waals surface area (Å²) in [5.74, 6) is 0.0798. The van der Waals surface area contributed by atoms with E-state index in [1.54, 1.807) is 16.7 Å². The van der Waals surface area contributed by atoms with Crippen LogP contribution in [0.15, 0.2) is 46.7 Å². The van der Waals surface area contributed by atoms with Crippen LogP contribution < -0.4 is 5.56 Å². The monoisotopic (exact) mass is 481 g/mol. The van der Waals surface area contributed by atoms with Crippen molar-refractivity contribution >= 4 is 22.2 Å². The van der Waals surface area contributed by atoms with Crippen molar-refractivity contribution in [3.63, 3.8) is 0 Å². The SMILES string of the molecule is CC1CN(Cc2ccc(C(=O)N3CCN(Cc4cc(=O)n5ccsc5n4)CC3)cc2)CC(C)O1. The molecule has 34 heavy (non-hydrogen) atoms. The number of carbonyl (C=O) groups excluding carboxylic acids is 1. The number of aromatic nitrogens is 2. The van der Waals surface area contributed by atoms with Crippen LogP contribution in [0.3, 0.4) is 0 Å². The van der Waals surface area contributed by atoms with Crippen molar-refractivity contribution in [2.45, 2.75) is 39.1 Å². The average molecular weight is 482 g/mol. The van der Waals surface area contributed by atoms with Crippen molar-refractivity contribution in [3.05, 3.63) is 69.1 Å². The van der Waals surface area contributed by atoms with Crippen LogP contribution in [-0.4, -0.2) is 81.5 Å². The number of nitrogens with zero attached hydrogens (tertiary/aromatic N) is 5. The first-order chi connectivity index (χ1) is 16.4. The largest absolute Gasteiger partial charge is 0.373 e. The van der Waals surface area contributed by atoms with Crippen LogP contribution in [-0.2, 0) is 17.8 Å². The van der Waals surface area contributed by atoms with Gasteiger partial charge in [0.05, 0.1) is 17.9 Å². The normalized spacial score (nSPS) is 22.4. The molecule has 2 aromatic heterocycles. The number of hydrogen-bond acceptors (Lipinski definition) is 7. The van der Waals surface area contributed by atoms with Gasteiger partial charge in [-0.1, -0.05) is 12.1 Å². The molecule has 0 N–H and O–H groups in total. The van der Waals surface area contributed by atoms with E-state index in [2.05, 4.69) is 40.8 Å². The predicted octanol–water partition coefficient (Wildman–Crippen LogP) is 2.32. The number of morpholine rings is 1. The maximum Gasteiger partial charge on any atom is 0.258 e. The molecule has 0 radical (unpaired) electrons. The Hall–Kier alpha value is -2.59. The van der Waals surface area contributed by atoms with Crippen molar-refractivity contribution in [3.8, 4) is 0 Å². The molecule has 9 heteroatoms. The van der Waals surface area contributed by atoms with Gasteiger partial charge in [0, 0.05) is 75.6 Å². The maximum atomic E-state index is 13.0. The van der Waals surface area contributed by atoms with Crippen molar-refractivity contribution in [1.29, 1.82) is 0 Å². The average Bonchev–Trinajstić information content (AvgIpc) is 3.28. The van der Waals surface area contributed by atoms with E-state index in [1.165, 1.54) is 16.9 Å². The highest BCUT2D eigenvalue weighted by Crippen LogP contribution is 2.16. The van der Waals surface area contributed by atoms with Crippen molar-refractivity contribution in [2.24, 2.45) is 0 Å². The summed E-state index contributed by atoms with van der Waals surface area (Å²) < 4.78 is 7.39. The number of ether oxygens (including phenoxy) is 1. The lowest BCUT2D eigenvalue weighted by Gasteiger charge is -2.35. The Kier molecular flexibility index (Phi) is 6.78. The zero-order valence-corrected chi connectivity index (χ0v) is 20.5. The van der Waals surface area contributed by atoms with Gasteiger partial charge in [0.2, 0.25) is 0 Å². The van der Waals surface area contributed by atoms with E-state index in [-0.39, 0.29) is 23.7 Å². The van der Waals surface area contributed by atoms with Crippen LogP contribution in [0.4, 0.5) is 0 Å². The van der Waals surface area contributed by atoms with Crippen LogP contribution in [0.1, 0.15) is 35.5 Å². The van der Waals surface area contributed by atoms with Crippen LogP contribution in [0.2, 0.25) is 0 Å². The van der Waals surface area contributed by atoms with Crippen LogP contribution in [0, 0.1) is 0 Å². The number of piperazine rings is 1. The van der Waals surface area contributed by atoms with Gasteiger partial charge in [-0.15, -0.1) is 11.3 Å². The zero-order valence-electron chi connectivity index (χ0n) is 19.7. The number of benzene rings is 1. The van der Waals surface area contributed by atoms with Crippen LogP contribution >= 0.6 is 11.3 Å². The van der Waals surface area contributed by atoms with Gasteiger partial charge >= 0.3 is 0 Å². The molecule has 5 rings (SSSR count). The summed E-state index contributed by atoms with van der Waals surface area (Å²) in [6, 6.07) is 9.64. The quantitative estimate of drug-likeness (QED) is 0.557. The second-order valence-electron chi connectivity index (χ2n) is 9.36. The molecule has 0 bridgehead atoms. The molecule has 0 aliphatic carbocycles. The summed E-state index contributed by atoms with van der Waals surface area (Å²) in [4.78, 5) is 37.2. The first-order valence-corrected chi connectivity index (χ1v) is 12.8. The van der Waals surface area contributed by atoms with Crippen LogP contribution in [0.25, 0.3) is 4.96 Å². The Morgan fingerprint density at radius 1 is 1.03 bits per heavy atom. The standard InChI is InChI=1S/C25H31N5O3S/c1-18-14-28(15-19(2)33-18)16-20-3-5-21(6-4-20)24(32)29-9-7-27(8-10-29)17-22-13-23(31)30-11-12-34-25(30)26-22/h3-6,11-13,18-19H,7-10,14-17H2,1-2H3. The molecule has 180 valence electrons. The molecule has 0 saturated carbocycles. The Morgan fingerprint density at radius 2 is 1.74 bits per heavy atom. The summed E-state index contributed by atoms with van der Waals surface area (Å²) in [6.07, 6.45) is 2.25. The summed E-state index contributed by atoms with van der Waals surface area (Å²) >= 11 is 1.46. The third-order valence-corrected chi connectivity index (χ3v) is 7.26. The molecular formula is C25H31N5O3S. The summed E-state index contributed by atoms with van der Waals surface area (Å²) in [6.45, 7) is 10.5. The number of hydrogen-bond donors (Lipinski definition) is 0. The molecular weight excluding hydrogens is 450 g/mol. The molecule has 8 nitrogen and oxygen atoms in total. The van der Waals surface area contributed by atoms with E-state index >= 15 is 0 Å². The lowest BCUT2D eigenvalue weighted by molar-refractivity contribution is -0.0704. The molecule has 2 aliphatic rings. The number of thiazole rings is 1. The van der Waals surface area contributed by atoms with Gasteiger partial charge in [0.1, 0.15) is 0 Å². The molecule has 0 spiro atoms. The molecule has 2 atom stereocenters. The van der Waals surface area contributed by atoms with Gasteiger partial charge in [0.25, 0.3) is 11.5 Å². The fraction of sp³-hybridized carbons (Fsp3) is 0.480. The highest BCUT2D eigenvalue weighted by atomic mass is 32.1. The summed E-state index contributed by atoms with van der Waals surface area (Å²) in [5.41, 5.74) is 2.69.